The molecule has 5 atom stereocenters. The standard InChI is InChI=1S/C7H14O5.C3H8/c1-3-5(9)7(11)6(10)4(2-8)12-3;1-3-2/h3-11H,2H2,1H3;3H2,1-2H3. The Balaban J connectivity index is 0.000000583. The van der Waals surface area contributed by atoms with E-state index >= 15 is 0 Å². The fraction of sp³-hybridized carbons (Fsp3) is 1.00. The van der Waals surface area contributed by atoms with Crippen molar-refractivity contribution in [3.05, 3.63) is 0 Å². The van der Waals surface area contributed by atoms with Gasteiger partial charge in [-0.25, -0.2) is 0 Å². The van der Waals surface area contributed by atoms with E-state index in [-0.39, 0.29) is 6.61 Å². The summed E-state index contributed by atoms with van der Waals surface area (Å²) in [6, 6.07) is 0. The molecular weight excluding hydrogens is 200 g/mol. The quantitative estimate of drug-likeness (QED) is 0.469. The molecule has 0 aromatic rings. The summed E-state index contributed by atoms with van der Waals surface area (Å²) in [5, 5.41) is 36.4. The SMILES string of the molecule is CC1OC(CO)C(O)C(O)C1O.CCC. The van der Waals surface area contributed by atoms with Gasteiger partial charge in [0.15, 0.2) is 0 Å². The van der Waals surface area contributed by atoms with Gasteiger partial charge in [0.05, 0.1) is 12.7 Å². The van der Waals surface area contributed by atoms with Gasteiger partial charge in [0.25, 0.3) is 0 Å². The largest absolute Gasteiger partial charge is 0.394 e. The number of hydrogen-bond donors (Lipinski definition) is 4. The van der Waals surface area contributed by atoms with Gasteiger partial charge in [-0.05, 0) is 6.92 Å². The summed E-state index contributed by atoms with van der Waals surface area (Å²) in [5.74, 6) is 0. The third kappa shape index (κ3) is 4.04. The Kier molecular flexibility index (Phi) is 7.04. The fourth-order valence-corrected chi connectivity index (χ4v) is 1.29. The van der Waals surface area contributed by atoms with Crippen LogP contribution in [0, 0.1) is 0 Å². The van der Waals surface area contributed by atoms with Crippen LogP contribution in [0.3, 0.4) is 0 Å². The van der Waals surface area contributed by atoms with Crippen molar-refractivity contribution in [2.75, 3.05) is 6.61 Å². The van der Waals surface area contributed by atoms with E-state index < -0.39 is 30.5 Å². The highest BCUT2D eigenvalue weighted by Gasteiger charge is 2.41. The van der Waals surface area contributed by atoms with E-state index in [0.29, 0.717) is 0 Å². The maximum Gasteiger partial charge on any atom is 0.111 e. The van der Waals surface area contributed by atoms with Crippen molar-refractivity contribution in [3.63, 3.8) is 0 Å². The fourth-order valence-electron chi connectivity index (χ4n) is 1.29. The van der Waals surface area contributed by atoms with Crippen LogP contribution in [0.25, 0.3) is 0 Å². The van der Waals surface area contributed by atoms with Crippen LogP contribution in [-0.4, -0.2) is 57.6 Å². The van der Waals surface area contributed by atoms with Crippen LogP contribution in [0.1, 0.15) is 27.2 Å². The van der Waals surface area contributed by atoms with Crippen molar-refractivity contribution in [3.8, 4) is 0 Å². The van der Waals surface area contributed by atoms with E-state index in [1.807, 2.05) is 0 Å². The Morgan fingerprint density at radius 1 is 1.00 bits per heavy atom. The van der Waals surface area contributed by atoms with E-state index in [1.54, 1.807) is 6.92 Å². The Morgan fingerprint density at radius 2 is 1.47 bits per heavy atom. The molecular formula is C10H22O5. The molecule has 0 saturated carbocycles. The van der Waals surface area contributed by atoms with Crippen molar-refractivity contribution in [1.82, 2.24) is 0 Å². The van der Waals surface area contributed by atoms with Crippen LogP contribution in [0.4, 0.5) is 0 Å². The minimum atomic E-state index is -1.24. The Bertz CT molecular complexity index is 159. The Labute approximate surface area is 90.3 Å². The molecule has 0 amide bonds. The van der Waals surface area contributed by atoms with Crippen LogP contribution in [-0.2, 0) is 4.74 Å². The second kappa shape index (κ2) is 7.14. The number of aliphatic hydroxyl groups is 4. The smallest absolute Gasteiger partial charge is 0.111 e. The number of aliphatic hydroxyl groups excluding tert-OH is 4. The van der Waals surface area contributed by atoms with Gasteiger partial charge in [0, 0.05) is 0 Å². The molecule has 4 N–H and O–H groups in total. The molecule has 92 valence electrons. The minimum Gasteiger partial charge on any atom is -0.394 e. The maximum absolute atomic E-state index is 9.23. The second-order valence-electron chi connectivity index (χ2n) is 3.74. The molecule has 1 aliphatic heterocycles. The lowest BCUT2D eigenvalue weighted by molar-refractivity contribution is -0.224. The van der Waals surface area contributed by atoms with Gasteiger partial charge >= 0.3 is 0 Å². The first kappa shape index (κ1) is 14.8. The highest BCUT2D eigenvalue weighted by Crippen LogP contribution is 2.20. The lowest BCUT2D eigenvalue weighted by Crippen LogP contribution is -2.57. The first-order valence-electron chi connectivity index (χ1n) is 5.30. The van der Waals surface area contributed by atoms with Gasteiger partial charge < -0.3 is 25.2 Å². The van der Waals surface area contributed by atoms with Gasteiger partial charge in [0.2, 0.25) is 0 Å². The first-order chi connectivity index (χ1) is 6.99. The third-order valence-corrected chi connectivity index (χ3v) is 2.13. The summed E-state index contributed by atoms with van der Waals surface area (Å²) in [6.07, 6.45) is -3.69. The summed E-state index contributed by atoms with van der Waals surface area (Å²) in [7, 11) is 0. The van der Waals surface area contributed by atoms with Gasteiger partial charge in [-0.1, -0.05) is 20.3 Å². The van der Waals surface area contributed by atoms with Crippen LogP contribution in [0.15, 0.2) is 0 Å². The Morgan fingerprint density at radius 3 is 1.87 bits per heavy atom. The normalized spacial score (nSPS) is 40.6. The monoisotopic (exact) mass is 222 g/mol. The summed E-state index contributed by atoms with van der Waals surface area (Å²) in [6.45, 7) is 5.46. The topological polar surface area (TPSA) is 90.2 Å². The van der Waals surface area contributed by atoms with Crippen molar-refractivity contribution in [2.45, 2.75) is 57.7 Å². The highest BCUT2D eigenvalue weighted by molar-refractivity contribution is 4.89. The molecule has 1 aliphatic rings. The zero-order valence-corrected chi connectivity index (χ0v) is 9.50. The molecule has 5 nitrogen and oxygen atoms in total. The molecule has 0 aromatic carbocycles. The number of rotatable bonds is 1. The number of hydrogen-bond acceptors (Lipinski definition) is 5. The van der Waals surface area contributed by atoms with Gasteiger partial charge in [0.1, 0.15) is 24.4 Å². The molecule has 5 unspecified atom stereocenters. The molecule has 1 heterocycles. The summed E-state index contributed by atoms with van der Waals surface area (Å²) < 4.78 is 5.02. The molecule has 15 heavy (non-hydrogen) atoms. The van der Waals surface area contributed by atoms with E-state index in [1.165, 1.54) is 6.42 Å². The minimum absolute atomic E-state index is 0.366. The molecule has 0 radical (unpaired) electrons. The molecule has 1 saturated heterocycles. The van der Waals surface area contributed by atoms with E-state index in [4.69, 9.17) is 9.84 Å². The summed E-state index contributed by atoms with van der Waals surface area (Å²) in [5.41, 5.74) is 0. The van der Waals surface area contributed by atoms with Crippen molar-refractivity contribution < 1.29 is 25.2 Å². The van der Waals surface area contributed by atoms with E-state index in [0.717, 1.165) is 0 Å². The molecule has 5 heteroatoms. The van der Waals surface area contributed by atoms with E-state index in [9.17, 15) is 15.3 Å². The molecule has 0 bridgehead atoms. The maximum atomic E-state index is 9.23. The van der Waals surface area contributed by atoms with Gasteiger partial charge in [-0.15, -0.1) is 0 Å². The van der Waals surface area contributed by atoms with Crippen LogP contribution in [0.2, 0.25) is 0 Å². The molecule has 0 aliphatic carbocycles. The molecule has 0 aromatic heterocycles. The van der Waals surface area contributed by atoms with Crippen LogP contribution < -0.4 is 0 Å². The molecule has 1 fully saturated rings. The van der Waals surface area contributed by atoms with Crippen molar-refractivity contribution in [2.24, 2.45) is 0 Å². The zero-order valence-electron chi connectivity index (χ0n) is 9.50. The van der Waals surface area contributed by atoms with E-state index in [2.05, 4.69) is 13.8 Å². The average molecular weight is 222 g/mol. The highest BCUT2D eigenvalue weighted by atomic mass is 16.5. The lowest BCUT2D eigenvalue weighted by atomic mass is 9.96. The number of ether oxygens (including phenoxy) is 1. The molecule has 1 rings (SSSR count). The molecule has 0 spiro atoms. The third-order valence-electron chi connectivity index (χ3n) is 2.13. The predicted molar refractivity (Wildman–Crippen MR) is 55.4 cm³/mol. The van der Waals surface area contributed by atoms with Crippen molar-refractivity contribution >= 4 is 0 Å². The lowest BCUT2D eigenvalue weighted by Gasteiger charge is -2.38. The summed E-state index contributed by atoms with van der Waals surface area (Å²) in [4.78, 5) is 0. The first-order valence-corrected chi connectivity index (χ1v) is 5.30. The van der Waals surface area contributed by atoms with Crippen molar-refractivity contribution in [1.29, 1.82) is 0 Å². The predicted octanol–water partition coefficient (Wildman–Crippen LogP) is -0.735. The Hall–Kier alpha value is -0.200. The second-order valence-corrected chi connectivity index (χ2v) is 3.74. The van der Waals surface area contributed by atoms with Gasteiger partial charge in [-0.3, -0.25) is 0 Å². The van der Waals surface area contributed by atoms with Gasteiger partial charge in [-0.2, -0.15) is 0 Å². The zero-order chi connectivity index (χ0) is 12.0. The van der Waals surface area contributed by atoms with Crippen LogP contribution in [0.5, 0.6) is 0 Å². The average Bonchev–Trinajstić information content (AvgIpc) is 2.21. The summed E-state index contributed by atoms with van der Waals surface area (Å²) >= 11 is 0. The van der Waals surface area contributed by atoms with Crippen LogP contribution >= 0.6 is 0 Å².